The fourth-order valence-electron chi connectivity index (χ4n) is 2.88. The zero-order valence-corrected chi connectivity index (χ0v) is 11.3. The molecule has 1 heterocycles. The van der Waals surface area contributed by atoms with Gasteiger partial charge in [0.05, 0.1) is 11.1 Å². The van der Waals surface area contributed by atoms with Crippen LogP contribution in [0, 0.1) is 0 Å². The molecule has 0 spiro atoms. The average Bonchev–Trinajstić information content (AvgIpc) is 1.97. The number of rotatable bonds is 1. The van der Waals surface area contributed by atoms with E-state index in [1.54, 1.807) is 0 Å². The van der Waals surface area contributed by atoms with Gasteiger partial charge in [0, 0.05) is 25.9 Å². The van der Waals surface area contributed by atoms with E-state index in [0.717, 1.165) is 18.0 Å². The fraction of sp³-hybridized carbons (Fsp3) is 0.909. The quantitative estimate of drug-likeness (QED) is 0.570. The molecule has 3 nitrogen and oxygen atoms in total. The van der Waals surface area contributed by atoms with E-state index in [1.807, 2.05) is 7.05 Å². The smallest absolute Gasteiger partial charge is 0.166 e. The van der Waals surface area contributed by atoms with Crippen LogP contribution < -0.4 is 16.0 Å². The lowest BCUT2D eigenvalue weighted by atomic mass is 9.80. The molecule has 0 aromatic carbocycles. The lowest BCUT2D eigenvalue weighted by Gasteiger charge is -2.43. The first-order valence-electron chi connectivity index (χ1n) is 5.59. The van der Waals surface area contributed by atoms with Crippen molar-refractivity contribution in [3.8, 4) is 0 Å². The number of hydrogen-bond donors (Lipinski definition) is 3. The van der Waals surface area contributed by atoms with Crippen molar-refractivity contribution in [1.29, 1.82) is 0 Å². The lowest BCUT2D eigenvalue weighted by molar-refractivity contribution is -0.787. The average molecular weight is 230 g/mol. The Bertz CT molecular complexity index is 232. The van der Waals surface area contributed by atoms with Crippen molar-refractivity contribution in [2.24, 2.45) is 0 Å². The van der Waals surface area contributed by atoms with Crippen LogP contribution in [0.3, 0.4) is 0 Å². The molecule has 1 aliphatic rings. The van der Waals surface area contributed by atoms with Crippen molar-refractivity contribution in [2.75, 3.05) is 7.05 Å². The van der Waals surface area contributed by atoms with E-state index < -0.39 is 0 Å². The summed E-state index contributed by atoms with van der Waals surface area (Å²) >= 11 is 5.15. The molecule has 15 heavy (non-hydrogen) atoms. The van der Waals surface area contributed by atoms with Crippen LogP contribution in [0.5, 0.6) is 0 Å². The zero-order chi connectivity index (χ0) is 11.7. The molecule has 0 aromatic heterocycles. The Balaban J connectivity index is 2.63. The van der Waals surface area contributed by atoms with Gasteiger partial charge in [-0.1, -0.05) is 0 Å². The van der Waals surface area contributed by atoms with Crippen molar-refractivity contribution in [2.45, 2.75) is 57.7 Å². The van der Waals surface area contributed by atoms with E-state index in [4.69, 9.17) is 12.2 Å². The summed E-state index contributed by atoms with van der Waals surface area (Å²) in [7, 11) is 1.86. The molecular weight excluding hydrogens is 206 g/mol. The van der Waals surface area contributed by atoms with Crippen LogP contribution in [-0.2, 0) is 0 Å². The molecule has 4 N–H and O–H groups in total. The maximum atomic E-state index is 5.15. The molecule has 0 atom stereocenters. The SMILES string of the molecule is CNC(=S)NC1CC(C)(C)[NH2+]C(C)(C)C1. The van der Waals surface area contributed by atoms with Crippen LogP contribution >= 0.6 is 12.2 Å². The van der Waals surface area contributed by atoms with E-state index in [2.05, 4.69) is 43.6 Å². The van der Waals surface area contributed by atoms with Gasteiger partial charge in [0.2, 0.25) is 0 Å². The van der Waals surface area contributed by atoms with Gasteiger partial charge < -0.3 is 16.0 Å². The zero-order valence-electron chi connectivity index (χ0n) is 10.5. The van der Waals surface area contributed by atoms with Gasteiger partial charge in [0.25, 0.3) is 0 Å². The highest BCUT2D eigenvalue weighted by molar-refractivity contribution is 7.80. The third kappa shape index (κ3) is 3.95. The first-order chi connectivity index (χ1) is 6.74. The Morgan fingerprint density at radius 3 is 2.07 bits per heavy atom. The lowest BCUT2D eigenvalue weighted by Crippen LogP contribution is -3.06. The highest BCUT2D eigenvalue weighted by Crippen LogP contribution is 2.21. The van der Waals surface area contributed by atoms with Gasteiger partial charge >= 0.3 is 0 Å². The minimum Gasteiger partial charge on any atom is -0.366 e. The Labute approximate surface area is 98.4 Å². The van der Waals surface area contributed by atoms with E-state index in [-0.39, 0.29) is 0 Å². The number of piperidine rings is 1. The number of hydrogen-bond acceptors (Lipinski definition) is 1. The van der Waals surface area contributed by atoms with Crippen LogP contribution in [0.25, 0.3) is 0 Å². The predicted octanol–water partition coefficient (Wildman–Crippen LogP) is 0.363. The predicted molar refractivity (Wildman–Crippen MR) is 67.9 cm³/mol. The van der Waals surface area contributed by atoms with Gasteiger partial charge in [-0.2, -0.15) is 0 Å². The highest BCUT2D eigenvalue weighted by Gasteiger charge is 2.41. The fourth-order valence-corrected chi connectivity index (χ4v) is 3.04. The van der Waals surface area contributed by atoms with Crippen LogP contribution in [0.15, 0.2) is 0 Å². The number of nitrogens with two attached hydrogens (primary N) is 1. The second-order valence-electron chi connectivity index (χ2n) is 5.95. The number of thiocarbonyl (C=S) groups is 1. The highest BCUT2D eigenvalue weighted by atomic mass is 32.1. The molecule has 1 fully saturated rings. The molecule has 0 unspecified atom stereocenters. The van der Waals surface area contributed by atoms with E-state index >= 15 is 0 Å². The number of nitrogens with one attached hydrogen (secondary N) is 2. The van der Waals surface area contributed by atoms with Gasteiger partial charge in [-0.15, -0.1) is 0 Å². The van der Waals surface area contributed by atoms with Gasteiger partial charge in [-0.3, -0.25) is 0 Å². The summed E-state index contributed by atoms with van der Waals surface area (Å²) in [6.45, 7) is 9.19. The largest absolute Gasteiger partial charge is 0.366 e. The first-order valence-corrected chi connectivity index (χ1v) is 6.00. The van der Waals surface area contributed by atoms with Gasteiger partial charge in [-0.05, 0) is 39.9 Å². The molecular formula is C11H24N3S+. The molecule has 1 saturated heterocycles. The molecule has 88 valence electrons. The summed E-state index contributed by atoms with van der Waals surface area (Å²) in [6.07, 6.45) is 2.30. The number of quaternary nitrogens is 1. The summed E-state index contributed by atoms with van der Waals surface area (Å²) < 4.78 is 0. The third-order valence-corrected chi connectivity index (χ3v) is 3.21. The van der Waals surface area contributed by atoms with Crippen molar-refractivity contribution in [3.63, 3.8) is 0 Å². The molecule has 1 rings (SSSR count). The van der Waals surface area contributed by atoms with Crippen molar-refractivity contribution < 1.29 is 5.32 Å². The van der Waals surface area contributed by atoms with Crippen LogP contribution in [-0.4, -0.2) is 29.3 Å². The Kier molecular flexibility index (Phi) is 3.61. The van der Waals surface area contributed by atoms with Gasteiger partial charge in [0.1, 0.15) is 0 Å². The summed E-state index contributed by atoms with van der Waals surface area (Å²) in [5, 5.41) is 9.59. The first kappa shape index (κ1) is 12.7. The maximum absolute atomic E-state index is 5.15. The Morgan fingerprint density at radius 2 is 1.67 bits per heavy atom. The minimum absolute atomic E-state index is 0.294. The maximum Gasteiger partial charge on any atom is 0.166 e. The standard InChI is InChI=1S/C11H23N3S/c1-10(2)6-8(13-9(15)12-5)7-11(3,4)14-10/h8,14H,6-7H2,1-5H3,(H2,12,13,15)/p+1. The van der Waals surface area contributed by atoms with Crippen LogP contribution in [0.4, 0.5) is 0 Å². The molecule has 0 aliphatic carbocycles. The summed E-state index contributed by atoms with van der Waals surface area (Å²) in [6, 6.07) is 0.486. The molecule has 0 aromatic rings. The summed E-state index contributed by atoms with van der Waals surface area (Å²) in [5.41, 5.74) is 0.589. The van der Waals surface area contributed by atoms with E-state index in [9.17, 15) is 0 Å². The third-order valence-electron chi connectivity index (χ3n) is 2.89. The second-order valence-corrected chi connectivity index (χ2v) is 6.36. The molecule has 0 amide bonds. The molecule has 4 heteroatoms. The minimum atomic E-state index is 0.294. The van der Waals surface area contributed by atoms with Crippen LogP contribution in [0.2, 0.25) is 0 Å². The summed E-state index contributed by atoms with van der Waals surface area (Å²) in [4.78, 5) is 0. The van der Waals surface area contributed by atoms with Crippen molar-refractivity contribution >= 4 is 17.3 Å². The normalized spacial score (nSPS) is 24.6. The van der Waals surface area contributed by atoms with Crippen molar-refractivity contribution in [1.82, 2.24) is 10.6 Å². The van der Waals surface area contributed by atoms with E-state index in [1.165, 1.54) is 0 Å². The molecule has 1 aliphatic heterocycles. The van der Waals surface area contributed by atoms with E-state index in [0.29, 0.717) is 17.1 Å². The Hall–Kier alpha value is -0.350. The molecule has 0 radical (unpaired) electrons. The molecule has 0 saturated carbocycles. The summed E-state index contributed by atoms with van der Waals surface area (Å²) in [5.74, 6) is 0. The van der Waals surface area contributed by atoms with Crippen LogP contribution in [0.1, 0.15) is 40.5 Å². The monoisotopic (exact) mass is 230 g/mol. The second kappa shape index (κ2) is 4.26. The van der Waals surface area contributed by atoms with Gasteiger partial charge in [0.15, 0.2) is 5.11 Å². The van der Waals surface area contributed by atoms with Crippen molar-refractivity contribution in [3.05, 3.63) is 0 Å². The Morgan fingerprint density at radius 1 is 1.20 bits per heavy atom. The van der Waals surface area contributed by atoms with Gasteiger partial charge in [-0.25, -0.2) is 0 Å². The molecule has 0 bridgehead atoms. The topological polar surface area (TPSA) is 40.7 Å².